The van der Waals surface area contributed by atoms with Crippen molar-refractivity contribution >= 4 is 17.9 Å². The zero-order valence-corrected chi connectivity index (χ0v) is 16.4. The van der Waals surface area contributed by atoms with Crippen molar-refractivity contribution in [3.05, 3.63) is 42.1 Å². The molecule has 29 heavy (non-hydrogen) atoms. The fourth-order valence-corrected chi connectivity index (χ4v) is 4.64. The summed E-state index contributed by atoms with van der Waals surface area (Å²) >= 11 is 0. The quantitative estimate of drug-likeness (QED) is 0.841. The van der Waals surface area contributed by atoms with E-state index in [1.807, 2.05) is 12.1 Å². The van der Waals surface area contributed by atoms with Crippen LogP contribution in [0.2, 0.25) is 0 Å². The predicted octanol–water partition coefficient (Wildman–Crippen LogP) is 2.43. The minimum absolute atomic E-state index is 0.0704. The maximum Gasteiger partial charge on any atom is 0.413 e. The van der Waals surface area contributed by atoms with Gasteiger partial charge in [-0.05, 0) is 42.9 Å². The Labute approximate surface area is 169 Å². The second-order valence-electron chi connectivity index (χ2n) is 7.92. The lowest BCUT2D eigenvalue weighted by atomic mass is 9.81. The van der Waals surface area contributed by atoms with Crippen LogP contribution in [0.1, 0.15) is 44.1 Å². The maximum absolute atomic E-state index is 13.4. The molecule has 3 heterocycles. The van der Waals surface area contributed by atoms with E-state index in [1.54, 1.807) is 23.5 Å². The molecule has 4 rings (SSSR count). The number of carboxylic acid groups (broad SMARTS) is 1. The first-order valence-corrected chi connectivity index (χ1v) is 10.3. The van der Waals surface area contributed by atoms with Crippen LogP contribution >= 0.6 is 0 Å². The van der Waals surface area contributed by atoms with Gasteiger partial charge in [-0.15, -0.1) is 0 Å². The number of rotatable bonds is 4. The number of hydrogen-bond acceptors (Lipinski definition) is 4. The lowest BCUT2D eigenvalue weighted by Crippen LogP contribution is -2.62. The van der Waals surface area contributed by atoms with Gasteiger partial charge in [0.1, 0.15) is 11.9 Å². The highest BCUT2D eigenvalue weighted by Gasteiger charge is 2.47. The minimum Gasteiger partial charge on any atom is -0.465 e. The summed E-state index contributed by atoms with van der Waals surface area (Å²) in [6, 6.07) is 3.20. The second-order valence-corrected chi connectivity index (χ2v) is 7.92. The van der Waals surface area contributed by atoms with Gasteiger partial charge >= 0.3 is 6.09 Å². The van der Waals surface area contributed by atoms with E-state index in [-0.39, 0.29) is 30.7 Å². The van der Waals surface area contributed by atoms with E-state index < -0.39 is 12.1 Å². The van der Waals surface area contributed by atoms with E-state index in [0.717, 1.165) is 37.7 Å². The Bertz CT molecular complexity index is 819. The highest BCUT2D eigenvalue weighted by Crippen LogP contribution is 2.36. The highest BCUT2D eigenvalue weighted by atomic mass is 16.4. The van der Waals surface area contributed by atoms with E-state index in [1.165, 1.54) is 9.80 Å². The minimum atomic E-state index is -1.10. The third-order valence-electron chi connectivity index (χ3n) is 6.14. The number of aromatic nitrogens is 1. The van der Waals surface area contributed by atoms with Crippen LogP contribution in [0.3, 0.4) is 0 Å². The van der Waals surface area contributed by atoms with Crippen LogP contribution in [0, 0.1) is 5.92 Å². The molecule has 1 aromatic rings. The Balaban J connectivity index is 1.66. The van der Waals surface area contributed by atoms with Crippen LogP contribution in [-0.4, -0.2) is 61.8 Å². The molecule has 3 aliphatic rings. The molecule has 8 nitrogen and oxygen atoms in total. The zero-order valence-electron chi connectivity index (χ0n) is 16.4. The summed E-state index contributed by atoms with van der Waals surface area (Å²) in [5, 5.41) is 9.66. The Morgan fingerprint density at radius 2 is 1.86 bits per heavy atom. The van der Waals surface area contributed by atoms with Crippen LogP contribution in [-0.2, 0) is 16.0 Å². The lowest BCUT2D eigenvalue weighted by Gasteiger charge is -2.48. The van der Waals surface area contributed by atoms with E-state index in [4.69, 9.17) is 0 Å². The van der Waals surface area contributed by atoms with Gasteiger partial charge < -0.3 is 10.0 Å². The molecule has 1 saturated heterocycles. The number of carbonyl (C=O) groups excluding carboxylic acids is 2. The molecule has 1 atom stereocenters. The van der Waals surface area contributed by atoms with Gasteiger partial charge in [0, 0.05) is 38.1 Å². The topological polar surface area (TPSA) is 94.0 Å². The molecular formula is C21H26N4O4. The number of fused-ring (bicyclic) bond motifs is 1. The number of nitrogens with zero attached hydrogens (tertiary/aromatic N) is 4. The molecule has 1 N–H and O–H groups in total. The fourth-order valence-electron chi connectivity index (χ4n) is 4.64. The number of amides is 3. The maximum atomic E-state index is 13.4. The van der Waals surface area contributed by atoms with Crippen LogP contribution in [0.15, 0.2) is 36.5 Å². The van der Waals surface area contributed by atoms with Crippen LogP contribution in [0.4, 0.5) is 4.79 Å². The van der Waals surface area contributed by atoms with Gasteiger partial charge in [0.2, 0.25) is 11.8 Å². The number of hydrogen-bond donors (Lipinski definition) is 1. The highest BCUT2D eigenvalue weighted by molar-refractivity contribution is 5.93. The molecule has 2 aliphatic heterocycles. The summed E-state index contributed by atoms with van der Waals surface area (Å²) in [5.74, 6) is 0.126. The average molecular weight is 398 g/mol. The van der Waals surface area contributed by atoms with Gasteiger partial charge in [-0.2, -0.15) is 0 Å². The predicted molar refractivity (Wildman–Crippen MR) is 104 cm³/mol. The molecule has 154 valence electrons. The summed E-state index contributed by atoms with van der Waals surface area (Å²) in [5.41, 5.74) is 1.05. The molecular weight excluding hydrogens is 372 g/mol. The summed E-state index contributed by atoms with van der Waals surface area (Å²) < 4.78 is 0. The van der Waals surface area contributed by atoms with Crippen molar-refractivity contribution in [2.75, 3.05) is 13.1 Å². The molecule has 1 aromatic heterocycles. The third-order valence-corrected chi connectivity index (χ3v) is 6.14. The third kappa shape index (κ3) is 3.83. The summed E-state index contributed by atoms with van der Waals surface area (Å²) in [4.78, 5) is 46.3. The van der Waals surface area contributed by atoms with Crippen molar-refractivity contribution in [2.45, 2.75) is 51.0 Å². The van der Waals surface area contributed by atoms with Crippen molar-refractivity contribution < 1.29 is 19.5 Å². The van der Waals surface area contributed by atoms with Gasteiger partial charge in [0.25, 0.3) is 0 Å². The standard InChI is InChI=1S/C21H26N4O4/c26-18-9-13-24(21(28)29)17-14-23(12-8-15-6-10-22-11-7-15)20(27)19(25(17)18)16-4-2-1-3-5-16/h6-7,10-11,14,16,19H,1-5,8-9,12-13H2,(H,28,29)/t19-/m0/s1. The molecule has 0 spiro atoms. The van der Waals surface area contributed by atoms with E-state index in [9.17, 15) is 19.5 Å². The molecule has 3 amide bonds. The molecule has 0 aromatic carbocycles. The molecule has 0 bridgehead atoms. The van der Waals surface area contributed by atoms with E-state index >= 15 is 0 Å². The Morgan fingerprint density at radius 3 is 2.55 bits per heavy atom. The van der Waals surface area contributed by atoms with Gasteiger partial charge in [0.05, 0.1) is 0 Å². The first kappa shape index (κ1) is 19.4. The van der Waals surface area contributed by atoms with Gasteiger partial charge in [-0.1, -0.05) is 19.3 Å². The van der Waals surface area contributed by atoms with Crippen molar-refractivity contribution in [3.63, 3.8) is 0 Å². The van der Waals surface area contributed by atoms with Crippen molar-refractivity contribution in [3.8, 4) is 0 Å². The van der Waals surface area contributed by atoms with Crippen molar-refractivity contribution in [1.82, 2.24) is 19.7 Å². The molecule has 0 radical (unpaired) electrons. The van der Waals surface area contributed by atoms with Gasteiger partial charge in [-0.3, -0.25) is 24.4 Å². The summed E-state index contributed by atoms with van der Waals surface area (Å²) in [7, 11) is 0. The normalized spacial score (nSPS) is 23.1. The number of carbonyl (C=O) groups is 3. The van der Waals surface area contributed by atoms with Gasteiger partial charge in [-0.25, -0.2) is 4.79 Å². The molecule has 8 heteroatoms. The van der Waals surface area contributed by atoms with Crippen LogP contribution in [0.25, 0.3) is 0 Å². The summed E-state index contributed by atoms with van der Waals surface area (Å²) in [6.07, 6.45) is 9.61. The van der Waals surface area contributed by atoms with E-state index in [2.05, 4.69) is 4.98 Å². The number of pyridine rings is 1. The Hall–Kier alpha value is -2.90. The zero-order chi connectivity index (χ0) is 20.4. The van der Waals surface area contributed by atoms with Crippen molar-refractivity contribution in [1.29, 1.82) is 0 Å². The van der Waals surface area contributed by atoms with E-state index in [0.29, 0.717) is 18.8 Å². The Kier molecular flexibility index (Phi) is 5.51. The lowest BCUT2D eigenvalue weighted by molar-refractivity contribution is -0.151. The van der Waals surface area contributed by atoms with Crippen LogP contribution in [0.5, 0.6) is 0 Å². The van der Waals surface area contributed by atoms with Crippen LogP contribution < -0.4 is 0 Å². The SMILES string of the molecule is O=C1[C@H](C2CCCCC2)N2C(=O)CCN(C(=O)O)C2=CN1CCc1ccncc1. The summed E-state index contributed by atoms with van der Waals surface area (Å²) in [6.45, 7) is 0.561. The molecule has 1 saturated carbocycles. The van der Waals surface area contributed by atoms with Gasteiger partial charge in [0.15, 0.2) is 0 Å². The first-order valence-electron chi connectivity index (χ1n) is 10.3. The monoisotopic (exact) mass is 398 g/mol. The second kappa shape index (κ2) is 8.23. The smallest absolute Gasteiger partial charge is 0.413 e. The molecule has 1 aliphatic carbocycles. The first-order chi connectivity index (χ1) is 14.1. The van der Waals surface area contributed by atoms with Crippen molar-refractivity contribution in [2.24, 2.45) is 5.92 Å². The molecule has 0 unspecified atom stereocenters. The average Bonchev–Trinajstić information content (AvgIpc) is 2.74. The molecule has 2 fully saturated rings. The largest absolute Gasteiger partial charge is 0.465 e. The fraction of sp³-hybridized carbons (Fsp3) is 0.524. The Morgan fingerprint density at radius 1 is 1.14 bits per heavy atom.